The normalized spacial score (nSPS) is 10.6. The molecule has 0 aromatic rings. The molecule has 0 rings (SSSR count). The second-order valence-electron chi connectivity index (χ2n) is 7.85. The Kier molecular flexibility index (Phi) is 39.7. The van der Waals surface area contributed by atoms with Crippen molar-refractivity contribution >= 4 is 109 Å². The zero-order chi connectivity index (χ0) is 19.1. The molecular formula is C24H48K2O2. The summed E-state index contributed by atoms with van der Waals surface area (Å²) >= 11 is 0. The van der Waals surface area contributed by atoms with Crippen LogP contribution in [0.15, 0.2) is 12.2 Å². The Bertz CT molecular complexity index is 320. The number of aliphatic carboxylic acids is 1. The molecule has 0 bridgehead atoms. The van der Waals surface area contributed by atoms with E-state index in [4.69, 9.17) is 5.11 Å². The molecule has 1 N–H and O–H groups in total. The summed E-state index contributed by atoms with van der Waals surface area (Å²) in [6, 6.07) is 0. The topological polar surface area (TPSA) is 37.3 Å². The van der Waals surface area contributed by atoms with Gasteiger partial charge in [0.15, 0.2) is 0 Å². The number of hydrogen-bond acceptors (Lipinski definition) is 1. The first-order chi connectivity index (χ1) is 12.8. The van der Waals surface area contributed by atoms with Crippen molar-refractivity contribution in [1.82, 2.24) is 0 Å². The van der Waals surface area contributed by atoms with E-state index in [-0.39, 0.29) is 103 Å². The van der Waals surface area contributed by atoms with E-state index < -0.39 is 5.97 Å². The molecule has 0 saturated carbocycles. The number of carboxylic acid groups (broad SMARTS) is 1. The van der Waals surface area contributed by atoms with Gasteiger partial charge >= 0.3 is 109 Å². The van der Waals surface area contributed by atoms with Gasteiger partial charge in [-0.15, -0.1) is 0 Å². The summed E-state index contributed by atoms with van der Waals surface area (Å²) in [6.45, 7) is 2.28. The number of carboxylic acids is 1. The Morgan fingerprint density at radius 2 is 0.893 bits per heavy atom. The van der Waals surface area contributed by atoms with Crippen LogP contribution in [0.5, 0.6) is 0 Å². The molecule has 0 aliphatic rings. The Morgan fingerprint density at radius 3 is 1.25 bits per heavy atom. The summed E-state index contributed by atoms with van der Waals surface area (Å²) < 4.78 is 0. The maximum atomic E-state index is 10.4. The molecule has 0 aromatic heterocycles. The van der Waals surface area contributed by atoms with Gasteiger partial charge in [-0.1, -0.05) is 109 Å². The van der Waals surface area contributed by atoms with Crippen LogP contribution in [-0.2, 0) is 4.79 Å². The van der Waals surface area contributed by atoms with Gasteiger partial charge in [-0.3, -0.25) is 4.79 Å². The van der Waals surface area contributed by atoms with Crippen LogP contribution in [0.1, 0.15) is 135 Å². The third-order valence-corrected chi connectivity index (χ3v) is 5.15. The first-order valence-corrected chi connectivity index (χ1v) is 11.6. The van der Waals surface area contributed by atoms with Gasteiger partial charge in [-0.25, -0.2) is 0 Å². The Hall–Kier alpha value is 2.48. The van der Waals surface area contributed by atoms with Crippen molar-refractivity contribution < 1.29 is 9.90 Å². The minimum absolute atomic E-state index is 0. The predicted octanol–water partition coefficient (Wildman–Crippen LogP) is 7.15. The summed E-state index contributed by atoms with van der Waals surface area (Å²) in [6.07, 6.45) is 30.1. The van der Waals surface area contributed by atoms with Crippen molar-refractivity contribution in [2.75, 3.05) is 0 Å². The van der Waals surface area contributed by atoms with Crippen LogP contribution < -0.4 is 0 Å². The van der Waals surface area contributed by atoms with Gasteiger partial charge in [0.1, 0.15) is 0 Å². The summed E-state index contributed by atoms with van der Waals surface area (Å²) in [4.78, 5) is 10.4. The van der Waals surface area contributed by atoms with Gasteiger partial charge in [-0.05, 0) is 32.1 Å². The van der Waals surface area contributed by atoms with Gasteiger partial charge in [0.25, 0.3) is 0 Å². The SMILES string of the molecule is CCCCCCCC/C=C\CCCCCCCCCCCCCC(=O)O.[KH].[KH]. The summed E-state index contributed by atoms with van der Waals surface area (Å²) in [5.74, 6) is -0.654. The first-order valence-electron chi connectivity index (χ1n) is 11.6. The molecule has 0 aromatic carbocycles. The Labute approximate surface area is 261 Å². The molecule has 4 heteroatoms. The van der Waals surface area contributed by atoms with Gasteiger partial charge in [-0.2, -0.15) is 0 Å². The quantitative estimate of drug-likeness (QED) is 0.115. The number of hydrogen-bond donors (Lipinski definition) is 1. The molecule has 28 heavy (non-hydrogen) atoms. The number of carbonyl (C=O) groups is 1. The molecular weight excluding hydrogens is 398 g/mol. The van der Waals surface area contributed by atoms with E-state index in [9.17, 15) is 4.79 Å². The molecule has 2 nitrogen and oxygen atoms in total. The van der Waals surface area contributed by atoms with Crippen LogP contribution in [0.25, 0.3) is 0 Å². The third-order valence-electron chi connectivity index (χ3n) is 5.15. The van der Waals surface area contributed by atoms with E-state index in [0.717, 1.165) is 12.8 Å². The average Bonchev–Trinajstić information content (AvgIpc) is 2.62. The van der Waals surface area contributed by atoms with E-state index in [1.165, 1.54) is 109 Å². The molecule has 0 aliphatic heterocycles. The predicted molar refractivity (Wildman–Crippen MR) is 129 cm³/mol. The molecule has 0 fully saturated rings. The molecule has 158 valence electrons. The summed E-state index contributed by atoms with van der Waals surface area (Å²) in [5, 5.41) is 8.57. The maximum absolute atomic E-state index is 10.4. The van der Waals surface area contributed by atoms with E-state index in [0.29, 0.717) is 6.42 Å². The van der Waals surface area contributed by atoms with Crippen LogP contribution in [0.4, 0.5) is 0 Å². The Balaban J connectivity index is -0.00000312. The van der Waals surface area contributed by atoms with Crippen LogP contribution >= 0.6 is 0 Å². The Morgan fingerprint density at radius 1 is 0.571 bits per heavy atom. The molecule has 0 saturated heterocycles. The number of rotatable bonds is 21. The van der Waals surface area contributed by atoms with Gasteiger partial charge in [0.05, 0.1) is 0 Å². The first kappa shape index (κ1) is 35.1. The van der Waals surface area contributed by atoms with Crippen molar-refractivity contribution in [1.29, 1.82) is 0 Å². The molecule has 0 radical (unpaired) electrons. The second kappa shape index (κ2) is 31.7. The zero-order valence-electron chi connectivity index (χ0n) is 17.7. The monoisotopic (exact) mass is 446 g/mol. The van der Waals surface area contributed by atoms with Gasteiger partial charge in [0, 0.05) is 6.42 Å². The van der Waals surface area contributed by atoms with E-state index in [2.05, 4.69) is 19.1 Å². The van der Waals surface area contributed by atoms with Crippen LogP contribution in [0, 0.1) is 0 Å². The molecule has 0 spiro atoms. The zero-order valence-corrected chi connectivity index (χ0v) is 17.7. The van der Waals surface area contributed by atoms with Crippen molar-refractivity contribution in [3.05, 3.63) is 12.2 Å². The molecule has 0 atom stereocenters. The molecule has 0 unspecified atom stereocenters. The molecule has 0 aliphatic carbocycles. The second-order valence-corrected chi connectivity index (χ2v) is 7.85. The van der Waals surface area contributed by atoms with Crippen molar-refractivity contribution in [2.24, 2.45) is 0 Å². The molecule has 0 heterocycles. The third kappa shape index (κ3) is 33.1. The van der Waals surface area contributed by atoms with E-state index in [1.807, 2.05) is 0 Å². The fraction of sp³-hybridized carbons (Fsp3) is 0.875. The van der Waals surface area contributed by atoms with E-state index >= 15 is 0 Å². The van der Waals surface area contributed by atoms with Gasteiger partial charge < -0.3 is 5.11 Å². The summed E-state index contributed by atoms with van der Waals surface area (Å²) in [7, 11) is 0. The van der Waals surface area contributed by atoms with Crippen LogP contribution in [0.2, 0.25) is 0 Å². The molecule has 0 amide bonds. The van der Waals surface area contributed by atoms with Crippen molar-refractivity contribution in [3.8, 4) is 0 Å². The van der Waals surface area contributed by atoms with Crippen molar-refractivity contribution in [2.45, 2.75) is 135 Å². The fourth-order valence-corrected chi connectivity index (χ4v) is 3.41. The summed E-state index contributed by atoms with van der Waals surface area (Å²) in [5.41, 5.74) is 0. The minimum atomic E-state index is -0.654. The van der Waals surface area contributed by atoms with Crippen LogP contribution in [-0.4, -0.2) is 114 Å². The number of unbranched alkanes of at least 4 members (excludes halogenated alkanes) is 17. The number of allylic oxidation sites excluding steroid dienone is 2. The fourth-order valence-electron chi connectivity index (χ4n) is 3.41. The van der Waals surface area contributed by atoms with Crippen LogP contribution in [0.3, 0.4) is 0 Å². The standard InChI is InChI=1S/C24H46O2.2K.2H/c1-2-3-4-5-6-7-8-9-10-11-12-13-14-15-16-17-18-19-20-21-22-23-24(25)26;;;;/h9-10H,2-8,11-23H2,1H3,(H,25,26);;;;/b10-9-;;;;. The average molecular weight is 447 g/mol. The van der Waals surface area contributed by atoms with E-state index in [1.54, 1.807) is 0 Å². The van der Waals surface area contributed by atoms with Crippen molar-refractivity contribution in [3.63, 3.8) is 0 Å². The van der Waals surface area contributed by atoms with Gasteiger partial charge in [0.2, 0.25) is 0 Å².